The number of aldehydes is 1. The van der Waals surface area contributed by atoms with Gasteiger partial charge in [0, 0.05) is 101 Å². The van der Waals surface area contributed by atoms with Crippen molar-refractivity contribution < 1.29 is 82.3 Å². The molecule has 6 heterocycles. The second-order valence-corrected chi connectivity index (χ2v) is 19.9. The molecule has 2 spiro atoms. The molecule has 0 unspecified atom stereocenters. The van der Waals surface area contributed by atoms with Gasteiger partial charge in [-0.05, 0) is 137 Å². The summed E-state index contributed by atoms with van der Waals surface area (Å²) in [7, 11) is 4.32. The van der Waals surface area contributed by atoms with E-state index in [2.05, 4.69) is 121 Å². The fraction of sp³-hybridized carbons (Fsp3) is 0.290. The Morgan fingerprint density at radius 3 is 1.43 bits per heavy atom. The smallest absolute Gasteiger partial charge is 0.793 e. The Kier molecular flexibility index (Phi) is 20.4. The molecular weight excluding hydrogens is 1040 g/mol. The van der Waals surface area contributed by atoms with E-state index in [1.54, 1.807) is 6.07 Å². The second kappa shape index (κ2) is 27.2. The van der Waals surface area contributed by atoms with E-state index in [9.17, 15) is 38.4 Å². The summed E-state index contributed by atoms with van der Waals surface area (Å²) in [6.45, 7) is 13.9. The number of benzene rings is 6. The van der Waals surface area contributed by atoms with Crippen LogP contribution in [0.3, 0.4) is 0 Å². The summed E-state index contributed by atoms with van der Waals surface area (Å²) >= 11 is 0. The van der Waals surface area contributed by atoms with Crippen molar-refractivity contribution in [1.82, 2.24) is 30.0 Å². The summed E-state index contributed by atoms with van der Waals surface area (Å²) in [5.74, 6) is -2.56. The molecule has 0 saturated carbocycles. The van der Waals surface area contributed by atoms with E-state index in [4.69, 9.17) is 0 Å². The van der Waals surface area contributed by atoms with E-state index in [1.165, 1.54) is 50.7 Å². The number of likely N-dealkylation sites (tertiary alicyclic amines) is 1. The maximum atomic E-state index is 13.0. The van der Waals surface area contributed by atoms with Crippen LogP contribution in [0.2, 0.25) is 0 Å². The number of aryl methyl sites for hydroxylation is 2. The molecule has 0 atom stereocenters. The minimum atomic E-state index is -0.639. The molecule has 0 bridgehead atoms. The van der Waals surface area contributed by atoms with Gasteiger partial charge < -0.3 is 27.2 Å². The first kappa shape index (κ1) is 60.9. The van der Waals surface area contributed by atoms with Gasteiger partial charge in [-0.25, -0.2) is 19.4 Å². The van der Waals surface area contributed by atoms with Crippen molar-refractivity contribution >= 4 is 99.5 Å². The van der Waals surface area contributed by atoms with Gasteiger partial charge in [0.25, 0.3) is 11.8 Å². The predicted octanol–water partition coefficient (Wildman–Crippen LogP) is 5.49. The fourth-order valence-corrected chi connectivity index (χ4v) is 11.4. The van der Waals surface area contributed by atoms with E-state index in [0.717, 1.165) is 114 Å². The van der Waals surface area contributed by atoms with Crippen molar-refractivity contribution in [3.63, 3.8) is 0 Å². The summed E-state index contributed by atoms with van der Waals surface area (Å²) in [6, 6.07) is 44.6. The number of fused-ring (bicyclic) bond motifs is 10. The predicted molar refractivity (Wildman–Crippen MR) is 304 cm³/mol. The van der Waals surface area contributed by atoms with Crippen molar-refractivity contribution in [1.29, 1.82) is 0 Å². The van der Waals surface area contributed by atoms with Crippen molar-refractivity contribution in [2.75, 3.05) is 26.2 Å². The largest absolute Gasteiger partial charge is 1.00 e. The SMILES string of the molecule is CC(=O)OOC(C)=O.CCn1c2ccccc2c2cc(C=O)ccc21.CCn1c2ccccc2c2cc(CN3CCC4(CC3)C(=O)NC(=O)c3ccccc34)ccc21.O=C1NC(=O)C2(CCNCC2)c2ccccc21.[B-]OC(C)=O.[Na+]. The number of hydrogen-bond acceptors (Lipinski definition) is 13. The molecule has 17 nitrogen and oxygen atoms in total. The van der Waals surface area contributed by atoms with Crippen LogP contribution in [0.15, 0.2) is 133 Å². The molecule has 8 aromatic rings. The Hall–Kier alpha value is -7.74. The molecule has 6 aromatic carbocycles. The van der Waals surface area contributed by atoms with Crippen molar-refractivity contribution in [2.45, 2.75) is 90.8 Å². The number of imide groups is 2. The number of para-hydroxylation sites is 2. The average molecular weight is 1100 g/mol. The maximum absolute atomic E-state index is 13.0. The van der Waals surface area contributed by atoms with Crippen LogP contribution in [0, 0.1) is 0 Å². The Morgan fingerprint density at radius 1 is 0.556 bits per heavy atom. The first-order chi connectivity index (χ1) is 38.6. The van der Waals surface area contributed by atoms with E-state index in [-0.39, 0.29) is 53.2 Å². The molecule has 12 rings (SSSR count). The van der Waals surface area contributed by atoms with Crippen LogP contribution in [0.4, 0.5) is 0 Å². The van der Waals surface area contributed by atoms with E-state index in [1.807, 2.05) is 72.8 Å². The number of rotatable bonds is 5. The number of hydrogen-bond donors (Lipinski definition) is 3. The van der Waals surface area contributed by atoms with Gasteiger partial charge in [-0.15, -0.1) is 0 Å². The molecule has 19 heteroatoms. The van der Waals surface area contributed by atoms with Gasteiger partial charge in [-0.2, -0.15) is 0 Å². The normalized spacial score (nSPS) is 15.5. The molecule has 3 radical (unpaired) electrons. The quantitative estimate of drug-likeness (QED) is 0.0641. The summed E-state index contributed by atoms with van der Waals surface area (Å²) in [6.07, 6.45) is 3.85. The van der Waals surface area contributed by atoms with Gasteiger partial charge in [0.15, 0.2) is 0 Å². The summed E-state index contributed by atoms with van der Waals surface area (Å²) in [5.41, 5.74) is 8.99. The summed E-state index contributed by atoms with van der Waals surface area (Å²) in [4.78, 5) is 99.3. The molecule has 411 valence electrons. The Balaban J connectivity index is 0.000000167. The van der Waals surface area contributed by atoms with Crippen LogP contribution in [-0.4, -0.2) is 96.1 Å². The van der Waals surface area contributed by atoms with Gasteiger partial charge in [-0.3, -0.25) is 44.3 Å². The average Bonchev–Trinajstić information content (AvgIpc) is 3.98. The first-order valence-electron chi connectivity index (χ1n) is 26.6. The zero-order valence-electron chi connectivity index (χ0n) is 46.5. The van der Waals surface area contributed by atoms with Gasteiger partial charge in [0.2, 0.25) is 17.8 Å². The molecule has 2 saturated heterocycles. The summed E-state index contributed by atoms with van der Waals surface area (Å²) in [5, 5.41) is 13.3. The number of amides is 4. The zero-order valence-corrected chi connectivity index (χ0v) is 48.5. The van der Waals surface area contributed by atoms with Crippen LogP contribution in [0.1, 0.15) is 108 Å². The molecule has 2 fully saturated rings. The van der Waals surface area contributed by atoms with Crippen LogP contribution in [-0.2, 0) is 68.9 Å². The van der Waals surface area contributed by atoms with E-state index in [0.29, 0.717) is 11.1 Å². The van der Waals surface area contributed by atoms with Crippen LogP contribution < -0.4 is 45.5 Å². The number of piperidine rings is 2. The van der Waals surface area contributed by atoms with Crippen molar-refractivity contribution in [2.24, 2.45) is 0 Å². The molecule has 4 amide bonds. The first-order valence-corrected chi connectivity index (χ1v) is 26.6. The number of nitrogens with one attached hydrogen (secondary N) is 3. The molecule has 3 N–H and O–H groups in total. The molecule has 2 aromatic heterocycles. The van der Waals surface area contributed by atoms with Gasteiger partial charge in [0.1, 0.15) is 6.29 Å². The monoisotopic (exact) mass is 1100 g/mol. The summed E-state index contributed by atoms with van der Waals surface area (Å²) < 4.78 is 8.26. The third-order valence-electron chi connectivity index (χ3n) is 15.1. The van der Waals surface area contributed by atoms with Crippen LogP contribution in [0.25, 0.3) is 43.6 Å². The second-order valence-electron chi connectivity index (χ2n) is 19.9. The number of nitrogens with zero attached hydrogens (tertiary/aromatic N) is 3. The molecule has 4 aliphatic heterocycles. The van der Waals surface area contributed by atoms with E-state index < -0.39 is 28.7 Å². The van der Waals surface area contributed by atoms with Gasteiger partial charge >= 0.3 is 41.5 Å². The minimum Gasteiger partial charge on any atom is -0.793 e. The molecule has 81 heavy (non-hydrogen) atoms. The Bertz CT molecular complexity index is 3660. The minimum absolute atomic E-state index is 0. The zero-order chi connectivity index (χ0) is 57.1. The third kappa shape index (κ3) is 13.1. The van der Waals surface area contributed by atoms with E-state index >= 15 is 0 Å². The topological polar surface area (TPSA) is 213 Å². The molecule has 4 aliphatic rings. The van der Waals surface area contributed by atoms with Gasteiger partial charge in [0.05, 0.1) is 10.8 Å². The van der Waals surface area contributed by atoms with Crippen LogP contribution in [0.5, 0.6) is 0 Å². The van der Waals surface area contributed by atoms with Gasteiger partial charge in [-0.1, -0.05) is 78.9 Å². The fourth-order valence-electron chi connectivity index (χ4n) is 11.4. The standard InChI is InChI=1S/C28H27N3O2.C15H13NO.C13H14N2O2.C4H6O4.C2H3BO2.Na/c1-2-31-24-10-6-4-7-20(24)22-17-19(11-12-25(22)31)18-30-15-13-28(14-16-30)23-9-5-3-8-21(23)26(32)29-27(28)33;1-2-16-14-6-4-3-5-12(14)13-9-11(10-17)7-8-15(13)16;16-11-9-3-1-2-4-10(9)13(12(17)15-11)5-7-14-8-6-13;1-3(5)7-8-4(2)6;1-2(4)5-3;/h3-12,17H,2,13-16,18H2,1H3,(H,29,32,33);3-10H,2H2,1H3;1-4,14H,5-8H2,(H,15,16,17);1-2H3;1H3;/q;;;;-1;+1. The third-order valence-corrected chi connectivity index (χ3v) is 15.1. The molecule has 0 aliphatic carbocycles. The van der Waals surface area contributed by atoms with Crippen molar-refractivity contribution in [3.05, 3.63) is 167 Å². The Labute approximate surface area is 492 Å². The maximum Gasteiger partial charge on any atom is 1.00 e. The molecular formula is C62H63BN6NaO11. The van der Waals surface area contributed by atoms with Crippen LogP contribution >= 0.6 is 0 Å². The number of aromatic nitrogens is 2. The van der Waals surface area contributed by atoms with Crippen molar-refractivity contribution in [3.8, 4) is 0 Å². The number of carbonyl (C=O) groups is 8. The Morgan fingerprint density at radius 2 is 0.975 bits per heavy atom. The number of carbonyl (C=O) groups excluding carboxylic acids is 8.